The van der Waals surface area contributed by atoms with Gasteiger partial charge in [-0.15, -0.1) is 19.6 Å². The highest BCUT2D eigenvalue weighted by Gasteiger charge is 2.33. The van der Waals surface area contributed by atoms with Crippen molar-refractivity contribution in [3.8, 4) is 18.1 Å². The van der Waals surface area contributed by atoms with Gasteiger partial charge < -0.3 is 9.84 Å². The fraction of sp³-hybridized carbons (Fsp3) is 0.250. The standard InChI is InChI=1S/C12H10F3NO3/c1-2-7-16-10(11(17)18)8-5-3-4-6-9(8)19-12(13,14)15/h1,3-6,10,16H,7H2,(H,17,18). The van der Waals surface area contributed by atoms with Gasteiger partial charge in [-0.05, 0) is 6.07 Å². The maximum Gasteiger partial charge on any atom is 0.573 e. The molecular weight excluding hydrogens is 263 g/mol. The first-order valence-corrected chi connectivity index (χ1v) is 5.09. The Morgan fingerprint density at radius 3 is 2.63 bits per heavy atom. The largest absolute Gasteiger partial charge is 0.573 e. The predicted molar refractivity (Wildman–Crippen MR) is 60.3 cm³/mol. The number of carboxylic acid groups (broad SMARTS) is 1. The molecule has 0 aromatic heterocycles. The van der Waals surface area contributed by atoms with Crippen LogP contribution in [0.25, 0.3) is 0 Å². The van der Waals surface area contributed by atoms with Crippen molar-refractivity contribution in [3.63, 3.8) is 0 Å². The number of ether oxygens (including phenoxy) is 1. The minimum Gasteiger partial charge on any atom is -0.480 e. The lowest BCUT2D eigenvalue weighted by Crippen LogP contribution is -2.30. The number of hydrogen-bond acceptors (Lipinski definition) is 3. The number of rotatable bonds is 5. The second-order valence-electron chi connectivity index (χ2n) is 3.44. The van der Waals surface area contributed by atoms with Crippen molar-refractivity contribution >= 4 is 5.97 Å². The highest BCUT2D eigenvalue weighted by atomic mass is 19.4. The van der Waals surface area contributed by atoms with Gasteiger partial charge >= 0.3 is 12.3 Å². The van der Waals surface area contributed by atoms with Gasteiger partial charge in [-0.25, -0.2) is 0 Å². The summed E-state index contributed by atoms with van der Waals surface area (Å²) in [6, 6.07) is 3.60. The Kier molecular flexibility index (Phi) is 4.78. The smallest absolute Gasteiger partial charge is 0.480 e. The van der Waals surface area contributed by atoms with E-state index in [1.54, 1.807) is 0 Å². The van der Waals surface area contributed by atoms with Gasteiger partial charge in [0.15, 0.2) is 0 Å². The van der Waals surface area contributed by atoms with Gasteiger partial charge in [-0.3, -0.25) is 10.1 Å². The lowest BCUT2D eigenvalue weighted by molar-refractivity contribution is -0.275. The fourth-order valence-electron chi connectivity index (χ4n) is 1.43. The number of aliphatic carboxylic acids is 1. The molecule has 0 heterocycles. The number of alkyl halides is 3. The van der Waals surface area contributed by atoms with Crippen LogP contribution in [0.2, 0.25) is 0 Å². The van der Waals surface area contributed by atoms with Crippen molar-refractivity contribution in [1.82, 2.24) is 5.32 Å². The van der Waals surface area contributed by atoms with Gasteiger partial charge in [0.1, 0.15) is 11.8 Å². The third kappa shape index (κ3) is 4.52. The van der Waals surface area contributed by atoms with Gasteiger partial charge in [0, 0.05) is 5.56 Å². The summed E-state index contributed by atoms with van der Waals surface area (Å²) < 4.78 is 40.4. The zero-order valence-corrected chi connectivity index (χ0v) is 9.57. The molecule has 4 nitrogen and oxygen atoms in total. The van der Waals surface area contributed by atoms with Crippen LogP contribution in [0.15, 0.2) is 24.3 Å². The van der Waals surface area contributed by atoms with Gasteiger partial charge in [-0.1, -0.05) is 24.1 Å². The Hall–Kier alpha value is -2.20. The molecule has 1 aromatic rings. The molecule has 1 atom stereocenters. The molecule has 0 radical (unpaired) electrons. The second-order valence-corrected chi connectivity index (χ2v) is 3.44. The molecular formula is C12H10F3NO3. The van der Waals surface area contributed by atoms with Gasteiger partial charge in [0.2, 0.25) is 0 Å². The van der Waals surface area contributed by atoms with Crippen LogP contribution in [0.5, 0.6) is 5.75 Å². The number of benzene rings is 1. The lowest BCUT2D eigenvalue weighted by atomic mass is 10.1. The summed E-state index contributed by atoms with van der Waals surface area (Å²) in [5, 5.41) is 11.4. The maximum atomic E-state index is 12.2. The summed E-state index contributed by atoms with van der Waals surface area (Å²) in [5.74, 6) is 0.223. The van der Waals surface area contributed by atoms with Crippen LogP contribution in [0.3, 0.4) is 0 Å². The van der Waals surface area contributed by atoms with Crippen LogP contribution in [-0.2, 0) is 4.79 Å². The summed E-state index contributed by atoms with van der Waals surface area (Å²) in [7, 11) is 0. The summed E-state index contributed by atoms with van der Waals surface area (Å²) in [5.41, 5.74) is -0.150. The SMILES string of the molecule is C#CCNC(C(=O)O)c1ccccc1OC(F)(F)F. The third-order valence-corrected chi connectivity index (χ3v) is 2.11. The molecule has 1 aromatic carbocycles. The zero-order valence-electron chi connectivity index (χ0n) is 9.57. The highest BCUT2D eigenvalue weighted by molar-refractivity contribution is 5.76. The minimum atomic E-state index is -4.90. The maximum absolute atomic E-state index is 12.2. The van der Waals surface area contributed by atoms with E-state index in [1.165, 1.54) is 18.2 Å². The Balaban J connectivity index is 3.09. The van der Waals surface area contributed by atoms with E-state index in [-0.39, 0.29) is 12.1 Å². The summed E-state index contributed by atoms with van der Waals surface area (Å²) in [6.45, 7) is -0.0999. The molecule has 0 saturated carbocycles. The molecule has 0 aliphatic carbocycles. The van der Waals surface area contributed by atoms with Crippen molar-refractivity contribution in [3.05, 3.63) is 29.8 Å². The normalized spacial score (nSPS) is 12.5. The van der Waals surface area contributed by atoms with Crippen LogP contribution in [0, 0.1) is 12.3 Å². The van der Waals surface area contributed by atoms with E-state index in [9.17, 15) is 18.0 Å². The number of nitrogens with one attached hydrogen (secondary N) is 1. The highest BCUT2D eigenvalue weighted by Crippen LogP contribution is 2.30. The molecule has 1 unspecified atom stereocenters. The van der Waals surface area contributed by atoms with Crippen LogP contribution >= 0.6 is 0 Å². The quantitative estimate of drug-likeness (QED) is 0.805. The second kappa shape index (κ2) is 6.11. The number of hydrogen-bond donors (Lipinski definition) is 2. The first kappa shape index (κ1) is 14.9. The Labute approximate surface area is 107 Å². The van der Waals surface area contributed by atoms with Gasteiger partial charge in [0.05, 0.1) is 6.54 Å². The average molecular weight is 273 g/mol. The third-order valence-electron chi connectivity index (χ3n) is 2.11. The molecule has 102 valence electrons. The Morgan fingerprint density at radius 1 is 1.47 bits per heavy atom. The minimum absolute atomic E-state index is 0.0999. The molecule has 0 aliphatic heterocycles. The topological polar surface area (TPSA) is 58.6 Å². The van der Waals surface area contributed by atoms with Crippen LogP contribution in [0.1, 0.15) is 11.6 Å². The van der Waals surface area contributed by atoms with Gasteiger partial charge in [-0.2, -0.15) is 0 Å². The zero-order chi connectivity index (χ0) is 14.5. The molecule has 0 fully saturated rings. The predicted octanol–water partition coefficient (Wildman–Crippen LogP) is 1.93. The Bertz CT molecular complexity index is 494. The molecule has 0 spiro atoms. The average Bonchev–Trinajstić information content (AvgIpc) is 2.29. The van der Waals surface area contributed by atoms with Crippen molar-refractivity contribution in [1.29, 1.82) is 0 Å². The first-order valence-electron chi connectivity index (χ1n) is 5.09. The Morgan fingerprint density at radius 2 is 2.11 bits per heavy atom. The van der Waals surface area contributed by atoms with E-state index in [1.807, 2.05) is 0 Å². The van der Waals surface area contributed by atoms with Crippen LogP contribution < -0.4 is 10.1 Å². The molecule has 1 rings (SSSR count). The van der Waals surface area contributed by atoms with Crippen molar-refractivity contribution < 1.29 is 27.8 Å². The monoisotopic (exact) mass is 273 g/mol. The molecule has 19 heavy (non-hydrogen) atoms. The van der Waals surface area contributed by atoms with Crippen molar-refractivity contribution in [2.45, 2.75) is 12.4 Å². The number of halogens is 3. The van der Waals surface area contributed by atoms with Crippen LogP contribution in [-0.4, -0.2) is 24.0 Å². The molecule has 0 bridgehead atoms. The fourth-order valence-corrected chi connectivity index (χ4v) is 1.43. The lowest BCUT2D eigenvalue weighted by Gasteiger charge is -2.18. The van der Waals surface area contributed by atoms with Crippen molar-refractivity contribution in [2.24, 2.45) is 0 Å². The molecule has 7 heteroatoms. The van der Waals surface area contributed by atoms with E-state index >= 15 is 0 Å². The number of carboxylic acids is 1. The molecule has 2 N–H and O–H groups in total. The van der Waals surface area contributed by atoms with E-state index in [0.29, 0.717) is 0 Å². The molecule has 0 saturated heterocycles. The van der Waals surface area contributed by atoms with E-state index < -0.39 is 24.1 Å². The summed E-state index contributed by atoms with van der Waals surface area (Å²) in [4.78, 5) is 11.1. The van der Waals surface area contributed by atoms with Gasteiger partial charge in [0.25, 0.3) is 0 Å². The first-order chi connectivity index (χ1) is 8.85. The summed E-state index contributed by atoms with van der Waals surface area (Å²) >= 11 is 0. The van der Waals surface area contributed by atoms with E-state index in [2.05, 4.69) is 16.0 Å². The van der Waals surface area contributed by atoms with Crippen LogP contribution in [0.4, 0.5) is 13.2 Å². The summed E-state index contributed by atoms with van der Waals surface area (Å²) in [6.07, 6.45) is 0.0806. The molecule has 0 aliphatic rings. The number of para-hydroxylation sites is 1. The van der Waals surface area contributed by atoms with Crippen molar-refractivity contribution in [2.75, 3.05) is 6.54 Å². The number of terminal acetylenes is 1. The number of carbonyl (C=O) groups is 1. The van der Waals surface area contributed by atoms with E-state index in [0.717, 1.165) is 6.07 Å². The molecule has 0 amide bonds. The van der Waals surface area contributed by atoms with E-state index in [4.69, 9.17) is 11.5 Å².